The van der Waals surface area contributed by atoms with E-state index in [1.807, 2.05) is 13.0 Å². The number of anilines is 1. The van der Waals surface area contributed by atoms with Gasteiger partial charge in [-0.05, 0) is 44.7 Å². The molecule has 7 nitrogen and oxygen atoms in total. The van der Waals surface area contributed by atoms with Crippen molar-refractivity contribution in [2.45, 2.75) is 69.1 Å². The zero-order valence-corrected chi connectivity index (χ0v) is 19.5. The number of aromatic nitrogens is 2. The lowest BCUT2D eigenvalue weighted by Gasteiger charge is -2.23. The van der Waals surface area contributed by atoms with Crippen molar-refractivity contribution >= 4 is 33.2 Å². The van der Waals surface area contributed by atoms with Crippen molar-refractivity contribution in [2.75, 3.05) is 5.32 Å². The molecule has 31 heavy (non-hydrogen) atoms. The Hall–Kier alpha value is -2.19. The molecule has 2 aromatic heterocycles. The van der Waals surface area contributed by atoms with Gasteiger partial charge in [0.2, 0.25) is 5.91 Å². The van der Waals surface area contributed by atoms with Crippen LogP contribution in [0.1, 0.15) is 57.6 Å². The molecule has 1 atom stereocenters. The predicted octanol–water partition coefficient (Wildman–Crippen LogP) is 4.15. The van der Waals surface area contributed by atoms with Gasteiger partial charge in [-0.2, -0.15) is 0 Å². The number of sulfone groups is 1. The van der Waals surface area contributed by atoms with Crippen molar-refractivity contribution in [2.24, 2.45) is 5.92 Å². The number of carbonyl (C=O) groups is 1. The van der Waals surface area contributed by atoms with E-state index in [-0.39, 0.29) is 15.8 Å². The van der Waals surface area contributed by atoms with Crippen LogP contribution in [0.25, 0.3) is 0 Å². The number of amides is 1. The minimum absolute atomic E-state index is 0.0639. The highest BCUT2D eigenvalue weighted by atomic mass is 35.5. The second-order valence-corrected chi connectivity index (χ2v) is 11.3. The minimum Gasteiger partial charge on any atom is -0.309 e. The third-order valence-corrected chi connectivity index (χ3v) is 8.36. The van der Waals surface area contributed by atoms with Gasteiger partial charge in [0.05, 0.1) is 15.2 Å². The quantitative estimate of drug-likeness (QED) is 0.662. The van der Waals surface area contributed by atoms with Gasteiger partial charge in [-0.1, -0.05) is 43.4 Å². The smallest absolute Gasteiger partial charge is 0.252 e. The Morgan fingerprint density at radius 1 is 1.29 bits per heavy atom. The highest BCUT2D eigenvalue weighted by Crippen LogP contribution is 2.33. The van der Waals surface area contributed by atoms with Crippen molar-refractivity contribution < 1.29 is 13.2 Å². The first kappa shape index (κ1) is 23.5. The fraction of sp³-hybridized carbons (Fsp3) is 0.500. The fourth-order valence-corrected chi connectivity index (χ4v) is 5.46. The monoisotopic (exact) mass is 465 g/mol. The molecule has 9 heteroatoms. The summed E-state index contributed by atoms with van der Waals surface area (Å²) >= 11 is 6.29. The molecule has 0 aromatic carbocycles. The van der Waals surface area contributed by atoms with Crippen LogP contribution in [0.2, 0.25) is 5.02 Å². The summed E-state index contributed by atoms with van der Waals surface area (Å²) < 4.78 is 26.3. The summed E-state index contributed by atoms with van der Waals surface area (Å²) in [5, 5.41) is 2.00. The summed E-state index contributed by atoms with van der Waals surface area (Å²) in [5.41, 5.74) is 0.393. The summed E-state index contributed by atoms with van der Waals surface area (Å²) in [4.78, 5) is 30.1. The van der Waals surface area contributed by atoms with Gasteiger partial charge in [0.15, 0.2) is 9.84 Å². The molecule has 1 aliphatic carbocycles. The molecule has 1 amide bonds. The number of hydrogen-bond acceptors (Lipinski definition) is 5. The lowest BCUT2D eigenvalue weighted by atomic mass is 9.97. The standard InChI is InChI=1S/C22H28ClN3O4S/c1-14(2)31(29,30)19-11-21(27)26(13-17(19)23)18(10-16-6-4-5-7-16)22(28)25-20-9-8-15(3)12-24-20/h8-9,11-14,16,18H,4-7,10H2,1-3H3,(H,24,25,28)/t18-/m0/s1. The van der Waals surface area contributed by atoms with Crippen LogP contribution in [0.15, 0.2) is 40.3 Å². The normalized spacial score (nSPS) is 15.9. The molecule has 1 fully saturated rings. The average molecular weight is 466 g/mol. The maximum absolute atomic E-state index is 13.2. The lowest BCUT2D eigenvalue weighted by molar-refractivity contribution is -0.119. The molecule has 0 saturated heterocycles. The maximum atomic E-state index is 13.2. The molecular formula is C22H28ClN3O4S. The molecule has 1 aliphatic rings. The topological polar surface area (TPSA) is 98.1 Å². The van der Waals surface area contributed by atoms with Crippen molar-refractivity contribution in [3.05, 3.63) is 51.5 Å². The lowest BCUT2D eigenvalue weighted by Crippen LogP contribution is -2.35. The van der Waals surface area contributed by atoms with E-state index in [2.05, 4.69) is 10.3 Å². The second kappa shape index (κ2) is 9.53. The molecule has 1 N–H and O–H groups in total. The molecule has 3 rings (SSSR count). The Balaban J connectivity index is 1.98. The molecule has 0 bridgehead atoms. The molecule has 0 unspecified atom stereocenters. The van der Waals surface area contributed by atoms with E-state index in [1.165, 1.54) is 24.6 Å². The van der Waals surface area contributed by atoms with Crippen LogP contribution >= 0.6 is 11.6 Å². The van der Waals surface area contributed by atoms with E-state index in [0.717, 1.165) is 37.3 Å². The predicted molar refractivity (Wildman–Crippen MR) is 121 cm³/mol. The van der Waals surface area contributed by atoms with Crippen LogP contribution in [0.5, 0.6) is 0 Å². The largest absolute Gasteiger partial charge is 0.309 e. The average Bonchev–Trinajstić information content (AvgIpc) is 3.22. The van der Waals surface area contributed by atoms with Crippen molar-refractivity contribution in [1.82, 2.24) is 9.55 Å². The van der Waals surface area contributed by atoms with Crippen molar-refractivity contribution in [3.8, 4) is 0 Å². The number of nitrogens with zero attached hydrogens (tertiary/aromatic N) is 2. The van der Waals surface area contributed by atoms with Gasteiger partial charge in [-0.25, -0.2) is 13.4 Å². The fourth-order valence-electron chi connectivity index (χ4n) is 3.88. The summed E-state index contributed by atoms with van der Waals surface area (Å²) in [7, 11) is -3.72. The summed E-state index contributed by atoms with van der Waals surface area (Å²) in [6.45, 7) is 4.96. The molecule has 2 aromatic rings. The first-order chi connectivity index (χ1) is 14.6. The van der Waals surface area contributed by atoms with Crippen molar-refractivity contribution in [3.63, 3.8) is 0 Å². The zero-order chi connectivity index (χ0) is 22.8. The molecule has 2 heterocycles. The molecule has 0 aliphatic heterocycles. The molecule has 168 valence electrons. The Morgan fingerprint density at radius 2 is 1.97 bits per heavy atom. The summed E-state index contributed by atoms with van der Waals surface area (Å²) in [6, 6.07) is 3.75. The van der Waals surface area contributed by atoms with E-state index >= 15 is 0 Å². The van der Waals surface area contributed by atoms with Gasteiger partial charge in [-0.3, -0.25) is 9.59 Å². The highest BCUT2D eigenvalue weighted by Gasteiger charge is 2.30. The molecule has 1 saturated carbocycles. The van der Waals surface area contributed by atoms with E-state index in [4.69, 9.17) is 11.6 Å². The first-order valence-corrected chi connectivity index (χ1v) is 12.4. The zero-order valence-electron chi connectivity index (χ0n) is 18.0. The molecule has 0 spiro atoms. The van der Waals surface area contributed by atoms with E-state index < -0.39 is 26.7 Å². The Kier molecular flexibility index (Phi) is 7.21. The SMILES string of the molecule is Cc1ccc(NC(=O)[C@H](CC2CCCC2)n2cc(Cl)c(S(=O)(=O)C(C)C)cc2=O)nc1. The van der Waals surface area contributed by atoms with E-state index in [1.54, 1.807) is 12.3 Å². The Labute approximate surface area is 187 Å². The van der Waals surface area contributed by atoms with Gasteiger partial charge in [0.1, 0.15) is 11.9 Å². The number of aryl methyl sites for hydroxylation is 1. The van der Waals surface area contributed by atoms with Crippen LogP contribution in [0.4, 0.5) is 5.82 Å². The van der Waals surface area contributed by atoms with E-state index in [0.29, 0.717) is 18.2 Å². The Morgan fingerprint density at radius 3 is 2.55 bits per heavy atom. The second-order valence-electron chi connectivity index (χ2n) is 8.44. The van der Waals surface area contributed by atoms with Crippen LogP contribution in [0, 0.1) is 12.8 Å². The summed E-state index contributed by atoms with van der Waals surface area (Å²) in [6.07, 6.45) is 7.59. The number of rotatable bonds is 7. The van der Waals surface area contributed by atoms with Crippen LogP contribution in [-0.4, -0.2) is 29.1 Å². The van der Waals surface area contributed by atoms with Gasteiger partial charge < -0.3 is 9.88 Å². The first-order valence-electron chi connectivity index (χ1n) is 10.5. The van der Waals surface area contributed by atoms with Crippen LogP contribution in [0.3, 0.4) is 0 Å². The number of pyridine rings is 2. The van der Waals surface area contributed by atoms with Crippen molar-refractivity contribution in [1.29, 1.82) is 0 Å². The third-order valence-electron chi connectivity index (χ3n) is 5.76. The van der Waals surface area contributed by atoms with Gasteiger partial charge in [0.25, 0.3) is 5.56 Å². The molecular weight excluding hydrogens is 438 g/mol. The third kappa shape index (κ3) is 5.36. The van der Waals surface area contributed by atoms with Crippen LogP contribution in [-0.2, 0) is 14.6 Å². The number of carbonyl (C=O) groups excluding carboxylic acids is 1. The Bertz CT molecular complexity index is 1100. The summed E-state index contributed by atoms with van der Waals surface area (Å²) in [5.74, 6) is 0.331. The minimum atomic E-state index is -3.72. The van der Waals surface area contributed by atoms with Gasteiger partial charge in [0, 0.05) is 18.5 Å². The molecule has 0 radical (unpaired) electrons. The van der Waals surface area contributed by atoms with Crippen LogP contribution < -0.4 is 10.9 Å². The number of hydrogen-bond donors (Lipinski definition) is 1. The van der Waals surface area contributed by atoms with Gasteiger partial charge >= 0.3 is 0 Å². The van der Waals surface area contributed by atoms with Gasteiger partial charge in [-0.15, -0.1) is 0 Å². The highest BCUT2D eigenvalue weighted by molar-refractivity contribution is 7.92. The number of halogens is 1. The van der Waals surface area contributed by atoms with E-state index in [9.17, 15) is 18.0 Å². The number of nitrogens with one attached hydrogen (secondary N) is 1. The maximum Gasteiger partial charge on any atom is 0.252 e.